The lowest BCUT2D eigenvalue weighted by Crippen LogP contribution is -2.39. The summed E-state index contributed by atoms with van der Waals surface area (Å²) in [6.07, 6.45) is 0.309. The Bertz CT molecular complexity index is 510. The summed E-state index contributed by atoms with van der Waals surface area (Å²) in [6, 6.07) is 7.13. The normalized spacial score (nSPS) is 19.9. The maximum Gasteiger partial charge on any atom is 0.307 e. The minimum absolute atomic E-state index is 0.0699. The first-order chi connectivity index (χ1) is 10.3. The molecule has 1 atom stereocenters. The third kappa shape index (κ3) is 5.31. The van der Waals surface area contributed by atoms with Crippen molar-refractivity contribution in [1.29, 1.82) is 0 Å². The summed E-state index contributed by atoms with van der Waals surface area (Å²) in [5, 5.41) is 9.56. The molecule has 1 saturated heterocycles. The Hall–Kier alpha value is -1.59. The molecule has 1 aliphatic rings. The summed E-state index contributed by atoms with van der Waals surface area (Å²) >= 11 is 0. The molecule has 0 amide bonds. The molecule has 5 heteroatoms. The number of morpholine rings is 1. The zero-order chi connectivity index (χ0) is 16.2. The second kappa shape index (κ2) is 7.11. The maximum atomic E-state index is 11.8. The fourth-order valence-corrected chi connectivity index (χ4v) is 2.47. The van der Waals surface area contributed by atoms with E-state index in [-0.39, 0.29) is 17.8 Å². The van der Waals surface area contributed by atoms with Crippen LogP contribution in [0.2, 0.25) is 0 Å². The van der Waals surface area contributed by atoms with Crippen LogP contribution in [0.15, 0.2) is 24.3 Å². The third-order valence-electron chi connectivity index (χ3n) is 3.44. The predicted octanol–water partition coefficient (Wildman–Crippen LogP) is 2.50. The first kappa shape index (κ1) is 16.8. The van der Waals surface area contributed by atoms with Crippen LogP contribution in [0.5, 0.6) is 5.75 Å². The van der Waals surface area contributed by atoms with Crippen LogP contribution in [0.4, 0.5) is 0 Å². The number of phenolic OH excluding ortho intramolecular Hbond substituents is 1. The largest absolute Gasteiger partial charge is 0.508 e. The standard InChI is InChI=1S/C17H25NO4/c1-17(2,3)22-16(20)7-8-18-9-10-21-15(12-18)13-5-4-6-14(19)11-13/h4-6,11,15,19H,7-10,12H2,1-3H3/t15-/m0/s1. The number of carbonyl (C=O) groups is 1. The molecular weight excluding hydrogens is 282 g/mol. The van der Waals surface area contributed by atoms with Gasteiger partial charge in [-0.1, -0.05) is 12.1 Å². The van der Waals surface area contributed by atoms with E-state index >= 15 is 0 Å². The number of phenols is 1. The summed E-state index contributed by atoms with van der Waals surface area (Å²) in [4.78, 5) is 14.0. The van der Waals surface area contributed by atoms with Crippen LogP contribution in [0, 0.1) is 0 Å². The molecule has 5 nitrogen and oxygen atoms in total. The van der Waals surface area contributed by atoms with Gasteiger partial charge in [0.15, 0.2) is 0 Å². The van der Waals surface area contributed by atoms with Gasteiger partial charge >= 0.3 is 5.97 Å². The quantitative estimate of drug-likeness (QED) is 0.866. The first-order valence-electron chi connectivity index (χ1n) is 7.68. The number of hydrogen-bond donors (Lipinski definition) is 1. The fraction of sp³-hybridized carbons (Fsp3) is 0.588. The van der Waals surface area contributed by atoms with Gasteiger partial charge in [0.05, 0.1) is 19.1 Å². The molecule has 1 aliphatic heterocycles. The van der Waals surface area contributed by atoms with Crippen LogP contribution in [0.25, 0.3) is 0 Å². The number of aromatic hydroxyl groups is 1. The van der Waals surface area contributed by atoms with Crippen LogP contribution in [-0.2, 0) is 14.3 Å². The lowest BCUT2D eigenvalue weighted by Gasteiger charge is -2.33. The van der Waals surface area contributed by atoms with Crippen LogP contribution < -0.4 is 0 Å². The van der Waals surface area contributed by atoms with Gasteiger partial charge in [0, 0.05) is 19.6 Å². The van der Waals surface area contributed by atoms with Crippen molar-refractivity contribution >= 4 is 5.97 Å². The minimum Gasteiger partial charge on any atom is -0.508 e. The second-order valence-corrected chi connectivity index (χ2v) is 6.59. The summed E-state index contributed by atoms with van der Waals surface area (Å²) in [7, 11) is 0. The van der Waals surface area contributed by atoms with Gasteiger partial charge in [-0.25, -0.2) is 0 Å². The Kier molecular flexibility index (Phi) is 5.42. The van der Waals surface area contributed by atoms with Crippen molar-refractivity contribution in [3.8, 4) is 5.75 Å². The van der Waals surface area contributed by atoms with E-state index < -0.39 is 5.60 Å². The zero-order valence-electron chi connectivity index (χ0n) is 13.5. The van der Waals surface area contributed by atoms with E-state index in [0.717, 1.165) is 12.1 Å². The van der Waals surface area contributed by atoms with Gasteiger partial charge in [-0.2, -0.15) is 0 Å². The minimum atomic E-state index is -0.438. The molecule has 0 unspecified atom stereocenters. The highest BCUT2D eigenvalue weighted by Gasteiger charge is 2.23. The molecule has 0 aliphatic carbocycles. The Morgan fingerprint density at radius 1 is 1.45 bits per heavy atom. The van der Waals surface area contributed by atoms with Crippen LogP contribution in [-0.4, -0.2) is 47.8 Å². The van der Waals surface area contributed by atoms with E-state index in [1.165, 1.54) is 0 Å². The molecular formula is C17H25NO4. The lowest BCUT2D eigenvalue weighted by atomic mass is 10.1. The number of rotatable bonds is 4. The second-order valence-electron chi connectivity index (χ2n) is 6.59. The molecule has 1 N–H and O–H groups in total. The Labute approximate surface area is 131 Å². The van der Waals surface area contributed by atoms with Crippen LogP contribution in [0.3, 0.4) is 0 Å². The van der Waals surface area contributed by atoms with Gasteiger partial charge in [0.25, 0.3) is 0 Å². The van der Waals surface area contributed by atoms with E-state index in [1.54, 1.807) is 12.1 Å². The molecule has 0 aromatic heterocycles. The molecule has 0 spiro atoms. The highest BCUT2D eigenvalue weighted by atomic mass is 16.6. The average molecular weight is 307 g/mol. The molecule has 122 valence electrons. The Morgan fingerprint density at radius 2 is 2.23 bits per heavy atom. The van der Waals surface area contributed by atoms with Crippen molar-refractivity contribution in [2.75, 3.05) is 26.2 Å². The molecule has 1 heterocycles. The van der Waals surface area contributed by atoms with Crippen LogP contribution >= 0.6 is 0 Å². The topological polar surface area (TPSA) is 59.0 Å². The van der Waals surface area contributed by atoms with Gasteiger partial charge in [-0.05, 0) is 38.5 Å². The number of hydrogen-bond acceptors (Lipinski definition) is 5. The van der Waals surface area contributed by atoms with Crippen molar-refractivity contribution in [3.05, 3.63) is 29.8 Å². The third-order valence-corrected chi connectivity index (χ3v) is 3.44. The van der Waals surface area contributed by atoms with E-state index in [9.17, 15) is 9.90 Å². The predicted molar refractivity (Wildman–Crippen MR) is 83.7 cm³/mol. The van der Waals surface area contributed by atoms with Gasteiger partial charge < -0.3 is 14.6 Å². The molecule has 0 bridgehead atoms. The molecule has 0 saturated carbocycles. The van der Waals surface area contributed by atoms with Gasteiger partial charge in [-0.15, -0.1) is 0 Å². The van der Waals surface area contributed by atoms with E-state index in [0.29, 0.717) is 26.1 Å². The summed E-state index contributed by atoms with van der Waals surface area (Å²) in [5.74, 6) is 0.0693. The Morgan fingerprint density at radius 3 is 2.91 bits per heavy atom. The zero-order valence-corrected chi connectivity index (χ0v) is 13.5. The van der Waals surface area contributed by atoms with Crippen molar-refractivity contribution in [2.24, 2.45) is 0 Å². The smallest absolute Gasteiger partial charge is 0.307 e. The number of nitrogens with zero attached hydrogens (tertiary/aromatic N) is 1. The molecule has 1 fully saturated rings. The summed E-state index contributed by atoms with van der Waals surface area (Å²) in [5.41, 5.74) is 0.522. The van der Waals surface area contributed by atoms with Gasteiger partial charge in [0.1, 0.15) is 11.4 Å². The van der Waals surface area contributed by atoms with E-state index in [4.69, 9.17) is 9.47 Å². The first-order valence-corrected chi connectivity index (χ1v) is 7.68. The monoisotopic (exact) mass is 307 g/mol. The van der Waals surface area contributed by atoms with Crippen molar-refractivity contribution < 1.29 is 19.4 Å². The number of ether oxygens (including phenoxy) is 2. The molecule has 1 aromatic carbocycles. The number of carbonyl (C=O) groups excluding carboxylic acids is 1. The average Bonchev–Trinajstić information content (AvgIpc) is 2.44. The molecule has 22 heavy (non-hydrogen) atoms. The maximum absolute atomic E-state index is 11.8. The number of benzene rings is 1. The summed E-state index contributed by atoms with van der Waals surface area (Å²) < 4.78 is 11.1. The van der Waals surface area contributed by atoms with Gasteiger partial charge in [0.2, 0.25) is 0 Å². The summed E-state index contributed by atoms with van der Waals surface area (Å²) in [6.45, 7) is 8.42. The lowest BCUT2D eigenvalue weighted by molar-refractivity contribution is -0.155. The van der Waals surface area contributed by atoms with Crippen molar-refractivity contribution in [2.45, 2.75) is 38.9 Å². The van der Waals surface area contributed by atoms with Crippen molar-refractivity contribution in [3.63, 3.8) is 0 Å². The number of esters is 1. The van der Waals surface area contributed by atoms with Crippen molar-refractivity contribution in [1.82, 2.24) is 4.90 Å². The van der Waals surface area contributed by atoms with E-state index in [1.807, 2.05) is 32.9 Å². The highest BCUT2D eigenvalue weighted by Crippen LogP contribution is 2.25. The van der Waals surface area contributed by atoms with Gasteiger partial charge in [-0.3, -0.25) is 9.69 Å². The molecule has 0 radical (unpaired) electrons. The highest BCUT2D eigenvalue weighted by molar-refractivity contribution is 5.70. The van der Waals surface area contributed by atoms with E-state index in [2.05, 4.69) is 4.90 Å². The molecule has 2 rings (SSSR count). The fourth-order valence-electron chi connectivity index (χ4n) is 2.47. The SMILES string of the molecule is CC(C)(C)OC(=O)CCN1CCO[C@H](c2cccc(O)c2)C1. The molecule has 1 aromatic rings. The van der Waals surface area contributed by atoms with Crippen LogP contribution in [0.1, 0.15) is 38.9 Å². The Balaban J connectivity index is 1.85.